The van der Waals surface area contributed by atoms with Gasteiger partial charge in [-0.2, -0.15) is 12.6 Å². The topological polar surface area (TPSA) is 0 Å². The average Bonchev–Trinajstić information content (AvgIpc) is 2.24. The molecule has 8 heavy (non-hydrogen) atoms. The molecule has 0 bridgehead atoms. The fourth-order valence-electron chi connectivity index (χ4n) is 0.355. The molecule has 48 valence electrons. The van der Waals surface area contributed by atoms with Crippen molar-refractivity contribution in [3.05, 3.63) is 0 Å². The number of hydrogen-bond acceptors (Lipinski definition) is 1. The first-order valence-corrected chi connectivity index (χ1v) is 2.80. The summed E-state index contributed by atoms with van der Waals surface area (Å²) in [6, 6.07) is 0. The van der Waals surface area contributed by atoms with E-state index in [2.05, 4.69) is 12.6 Å². The molecular weight excluding hydrogens is 116 g/mol. The molecule has 0 atom stereocenters. The summed E-state index contributed by atoms with van der Waals surface area (Å²) in [6.07, 6.45) is -16.7. The number of rotatable bonds is 1. The van der Waals surface area contributed by atoms with E-state index in [9.17, 15) is 0 Å². The zero-order valence-corrected chi connectivity index (χ0v) is 5.05. The van der Waals surface area contributed by atoms with Gasteiger partial charge in [0, 0.05) is 15.1 Å². The van der Waals surface area contributed by atoms with Crippen LogP contribution in [0.4, 0.5) is 0 Å². The summed E-state index contributed by atoms with van der Waals surface area (Å²) in [6.45, 7) is 0. The van der Waals surface area contributed by atoms with Crippen molar-refractivity contribution >= 4 is 12.6 Å². The predicted octanol–water partition coefficient (Wildman–Crippen LogP) is 2.50. The quantitative estimate of drug-likeness (QED) is 0.533. The second kappa shape index (κ2) is 3.39. The molecule has 0 heterocycles. The maximum atomic E-state index is 7.89. The highest BCUT2D eigenvalue weighted by Crippen LogP contribution is 2.23. The lowest BCUT2D eigenvalue weighted by molar-refractivity contribution is 0.391. The summed E-state index contributed by atoms with van der Waals surface area (Å²) in [4.78, 5) is 0. The lowest BCUT2D eigenvalue weighted by Gasteiger charge is -2.18. The Morgan fingerprint density at radius 3 is 2.62 bits per heavy atom. The molecule has 0 saturated heterocycles. The van der Waals surface area contributed by atoms with Gasteiger partial charge < -0.3 is 0 Å². The molecule has 0 nitrogen and oxygen atoms in total. The standard InChI is InChI=1S/C7H14S/c8-6-7-4-2-1-3-5-7/h7-8H,1-6H2/i1D2,2D2,3D2,4D2,5D2,7D. The monoisotopic (exact) mass is 141 g/mol. The van der Waals surface area contributed by atoms with E-state index >= 15 is 0 Å². The zero-order chi connectivity index (χ0) is 15.7. The molecule has 0 aromatic heterocycles. The minimum absolute atomic E-state index is 0.790. The number of hydrogen-bond donors (Lipinski definition) is 1. The highest BCUT2D eigenvalue weighted by Gasteiger charge is 2.10. The molecule has 0 radical (unpaired) electrons. The van der Waals surface area contributed by atoms with Crippen molar-refractivity contribution < 1.29 is 15.1 Å². The molecular formula is C7H14S. The smallest absolute Gasteiger partial charge is 0.0311 e. The van der Waals surface area contributed by atoms with Crippen molar-refractivity contribution in [3.63, 3.8) is 0 Å². The molecule has 1 heteroatoms. The molecule has 1 aliphatic rings. The highest BCUT2D eigenvalue weighted by atomic mass is 32.1. The van der Waals surface area contributed by atoms with Crippen LogP contribution in [0.5, 0.6) is 0 Å². The maximum Gasteiger partial charge on any atom is 0.0311 e. The summed E-state index contributed by atoms with van der Waals surface area (Å²) in [7, 11) is 0. The van der Waals surface area contributed by atoms with Gasteiger partial charge in [-0.25, -0.2) is 0 Å². The van der Waals surface area contributed by atoms with E-state index in [4.69, 9.17) is 15.1 Å². The van der Waals surface area contributed by atoms with Gasteiger partial charge in [-0.15, -0.1) is 0 Å². The van der Waals surface area contributed by atoms with Crippen LogP contribution < -0.4 is 0 Å². The lowest BCUT2D eigenvalue weighted by atomic mass is 9.91. The van der Waals surface area contributed by atoms with Gasteiger partial charge in [-0.1, -0.05) is 19.1 Å². The molecule has 1 saturated carbocycles. The van der Waals surface area contributed by atoms with Gasteiger partial charge in [0.1, 0.15) is 0 Å². The third-order valence-corrected chi connectivity index (χ3v) is 1.03. The van der Waals surface area contributed by atoms with Crippen LogP contribution in [0.3, 0.4) is 0 Å². The summed E-state index contributed by atoms with van der Waals surface area (Å²) in [5.41, 5.74) is 0. The van der Waals surface area contributed by atoms with E-state index in [1.165, 1.54) is 0 Å². The van der Waals surface area contributed by atoms with Gasteiger partial charge >= 0.3 is 0 Å². The van der Waals surface area contributed by atoms with Gasteiger partial charge in [-0.05, 0) is 24.4 Å². The van der Waals surface area contributed by atoms with Gasteiger partial charge in [0.2, 0.25) is 0 Å². The molecule has 0 aromatic rings. The van der Waals surface area contributed by atoms with Crippen molar-refractivity contribution in [2.45, 2.75) is 31.9 Å². The first-order valence-electron chi connectivity index (χ1n) is 7.67. The van der Waals surface area contributed by atoms with E-state index in [1.54, 1.807) is 0 Å². The van der Waals surface area contributed by atoms with Gasteiger partial charge in [0.25, 0.3) is 0 Å². The van der Waals surface area contributed by atoms with Gasteiger partial charge in [0.15, 0.2) is 0 Å². The molecule has 0 aliphatic heterocycles. The van der Waals surface area contributed by atoms with E-state index < -0.39 is 43.5 Å². The van der Waals surface area contributed by atoms with Gasteiger partial charge in [0.05, 0.1) is 0 Å². The van der Waals surface area contributed by atoms with Crippen LogP contribution in [0.1, 0.15) is 46.9 Å². The van der Waals surface area contributed by atoms with Crippen molar-refractivity contribution in [1.29, 1.82) is 0 Å². The normalized spacial score (nSPS) is 79.4. The summed E-state index contributed by atoms with van der Waals surface area (Å²) < 4.78 is 84.0. The fourth-order valence-corrected chi connectivity index (χ4v) is 0.513. The third kappa shape index (κ3) is 1.70. The lowest BCUT2D eigenvalue weighted by Crippen LogP contribution is -2.06. The van der Waals surface area contributed by atoms with Crippen LogP contribution in [0.15, 0.2) is 0 Å². The predicted molar refractivity (Wildman–Crippen MR) is 40.4 cm³/mol. The molecule has 0 aromatic carbocycles. The van der Waals surface area contributed by atoms with Crippen molar-refractivity contribution in [2.24, 2.45) is 5.89 Å². The van der Waals surface area contributed by atoms with Crippen LogP contribution >= 0.6 is 12.6 Å². The Kier molecular flexibility index (Phi) is 0.511. The first-order chi connectivity index (χ1) is 8.06. The Hall–Kier alpha value is 0.350. The zero-order valence-electron chi connectivity index (χ0n) is 15.2. The minimum atomic E-state index is -3.44. The van der Waals surface area contributed by atoms with E-state index in [0.717, 1.165) is 0 Å². The second-order valence-electron chi connectivity index (χ2n) is 1.26. The van der Waals surface area contributed by atoms with Crippen molar-refractivity contribution in [2.75, 3.05) is 5.75 Å². The summed E-state index contributed by atoms with van der Waals surface area (Å²) >= 11 is 3.67. The van der Waals surface area contributed by atoms with Crippen LogP contribution in [-0.2, 0) is 0 Å². The Morgan fingerprint density at radius 2 is 2.12 bits per heavy atom. The molecule has 0 spiro atoms. The summed E-state index contributed by atoms with van der Waals surface area (Å²) in [5.74, 6) is -3.66. The third-order valence-electron chi connectivity index (χ3n) is 0.710. The molecule has 1 aliphatic carbocycles. The maximum absolute atomic E-state index is 7.89. The summed E-state index contributed by atoms with van der Waals surface area (Å²) in [5, 5.41) is 0. The molecule has 1 fully saturated rings. The average molecular weight is 141 g/mol. The fraction of sp³-hybridized carbons (Fsp3) is 1.00. The molecule has 0 amide bonds. The van der Waals surface area contributed by atoms with E-state index in [-0.39, 0.29) is 0 Å². The van der Waals surface area contributed by atoms with E-state index in [1.807, 2.05) is 0 Å². The Bertz CT molecular complexity index is 357. The Labute approximate surface area is 72.5 Å². The minimum Gasteiger partial charge on any atom is -0.179 e. The van der Waals surface area contributed by atoms with E-state index in [0.29, 0.717) is 0 Å². The van der Waals surface area contributed by atoms with Gasteiger partial charge in [-0.3, -0.25) is 0 Å². The SMILES string of the molecule is [2H]C1([2H])C([2H])([2H])C([2H])([2H])C([2H])(CS)C([2H])([2H])C1([2H])[2H]. The molecule has 0 N–H and O–H groups in total. The largest absolute Gasteiger partial charge is 0.179 e. The molecule has 1 rings (SSSR count). The Morgan fingerprint density at radius 1 is 1.50 bits per heavy atom. The highest BCUT2D eigenvalue weighted by molar-refractivity contribution is 7.80. The van der Waals surface area contributed by atoms with Crippen molar-refractivity contribution in [3.8, 4) is 0 Å². The van der Waals surface area contributed by atoms with Crippen LogP contribution in [-0.4, -0.2) is 5.75 Å². The second-order valence-corrected chi connectivity index (χ2v) is 1.58. The Balaban J connectivity index is 3.76. The van der Waals surface area contributed by atoms with Crippen LogP contribution in [0, 0.1) is 5.89 Å². The van der Waals surface area contributed by atoms with Crippen molar-refractivity contribution in [1.82, 2.24) is 0 Å². The number of thiol groups is 1. The first kappa shape index (κ1) is 1.20. The van der Waals surface area contributed by atoms with Crippen LogP contribution in [0.2, 0.25) is 0 Å². The molecule has 0 unspecified atom stereocenters. The van der Waals surface area contributed by atoms with Crippen LogP contribution in [0.25, 0.3) is 0 Å².